The number of primary sulfonamides is 1. The Kier molecular flexibility index (Phi) is 5.82. The molecular formula is C12H15Cl2NO4S. The lowest BCUT2D eigenvalue weighted by molar-refractivity contribution is 0.0488. The first-order chi connectivity index (χ1) is 9.14. The SMILES string of the molecule is CC(C)CCOC(=O)c1c(Cl)ccc(S(N)(=O)=O)c1Cl. The van der Waals surface area contributed by atoms with Crippen molar-refractivity contribution in [3.8, 4) is 0 Å². The number of hydrogen-bond acceptors (Lipinski definition) is 4. The molecule has 0 heterocycles. The molecule has 0 saturated heterocycles. The van der Waals surface area contributed by atoms with Crippen molar-refractivity contribution < 1.29 is 17.9 Å². The molecule has 0 saturated carbocycles. The van der Waals surface area contributed by atoms with E-state index in [1.54, 1.807) is 0 Å². The summed E-state index contributed by atoms with van der Waals surface area (Å²) in [4.78, 5) is 11.6. The molecule has 0 aliphatic rings. The lowest BCUT2D eigenvalue weighted by atomic mass is 10.1. The Morgan fingerprint density at radius 2 is 1.95 bits per heavy atom. The number of nitrogens with two attached hydrogens (primary N) is 1. The van der Waals surface area contributed by atoms with E-state index in [4.69, 9.17) is 33.1 Å². The van der Waals surface area contributed by atoms with Crippen LogP contribution in [-0.2, 0) is 14.8 Å². The fraction of sp³-hybridized carbons (Fsp3) is 0.417. The molecular weight excluding hydrogens is 325 g/mol. The highest BCUT2D eigenvalue weighted by Gasteiger charge is 2.23. The quantitative estimate of drug-likeness (QED) is 0.835. The van der Waals surface area contributed by atoms with Crippen molar-refractivity contribution >= 4 is 39.2 Å². The minimum absolute atomic E-state index is 0.0111. The molecule has 0 unspecified atom stereocenters. The van der Waals surface area contributed by atoms with E-state index in [1.807, 2.05) is 13.8 Å². The molecule has 112 valence electrons. The van der Waals surface area contributed by atoms with Crippen LogP contribution in [0.15, 0.2) is 17.0 Å². The van der Waals surface area contributed by atoms with E-state index in [0.717, 1.165) is 6.07 Å². The van der Waals surface area contributed by atoms with Crippen molar-refractivity contribution in [1.29, 1.82) is 0 Å². The van der Waals surface area contributed by atoms with Crippen LogP contribution in [0.5, 0.6) is 0 Å². The van der Waals surface area contributed by atoms with Gasteiger partial charge in [0.15, 0.2) is 0 Å². The maximum atomic E-state index is 11.9. The highest BCUT2D eigenvalue weighted by molar-refractivity contribution is 7.89. The van der Waals surface area contributed by atoms with Crippen LogP contribution in [0, 0.1) is 5.92 Å². The first kappa shape index (κ1) is 17.2. The van der Waals surface area contributed by atoms with Crippen molar-refractivity contribution in [2.75, 3.05) is 6.61 Å². The molecule has 20 heavy (non-hydrogen) atoms. The second kappa shape index (κ2) is 6.76. The number of carbonyl (C=O) groups excluding carboxylic acids is 1. The Hall–Kier alpha value is -0.820. The van der Waals surface area contributed by atoms with Crippen molar-refractivity contribution in [2.24, 2.45) is 11.1 Å². The van der Waals surface area contributed by atoms with E-state index in [-0.39, 0.29) is 27.1 Å². The van der Waals surface area contributed by atoms with Crippen LogP contribution in [0.1, 0.15) is 30.6 Å². The minimum atomic E-state index is -4.04. The van der Waals surface area contributed by atoms with Gasteiger partial charge in [0.05, 0.1) is 22.2 Å². The molecule has 5 nitrogen and oxygen atoms in total. The summed E-state index contributed by atoms with van der Waals surface area (Å²) in [6.07, 6.45) is 0.676. The average Bonchev–Trinajstić information content (AvgIpc) is 2.26. The predicted molar refractivity (Wildman–Crippen MR) is 77.6 cm³/mol. The van der Waals surface area contributed by atoms with Crippen LogP contribution < -0.4 is 5.14 Å². The van der Waals surface area contributed by atoms with Crippen molar-refractivity contribution in [2.45, 2.75) is 25.2 Å². The summed E-state index contributed by atoms with van der Waals surface area (Å²) in [7, 11) is -4.04. The van der Waals surface area contributed by atoms with Gasteiger partial charge in [0.2, 0.25) is 10.0 Å². The third-order valence-corrected chi connectivity index (χ3v) is 4.27. The van der Waals surface area contributed by atoms with E-state index in [0.29, 0.717) is 12.3 Å². The standard InChI is InChI=1S/C12H15Cl2NO4S/c1-7(2)5-6-19-12(16)10-8(13)3-4-9(11(10)14)20(15,17)18/h3-4,7H,5-6H2,1-2H3,(H2,15,17,18). The molecule has 0 amide bonds. The lowest BCUT2D eigenvalue weighted by Crippen LogP contribution is -2.16. The van der Waals surface area contributed by atoms with Crippen molar-refractivity contribution in [1.82, 2.24) is 0 Å². The Morgan fingerprint density at radius 1 is 1.35 bits per heavy atom. The first-order valence-electron chi connectivity index (χ1n) is 5.82. The van der Waals surface area contributed by atoms with Crippen LogP contribution in [-0.4, -0.2) is 21.0 Å². The number of ether oxygens (including phenoxy) is 1. The molecule has 0 fully saturated rings. The van der Waals surface area contributed by atoms with Gasteiger partial charge in [-0.2, -0.15) is 0 Å². The molecule has 0 aliphatic carbocycles. The number of rotatable bonds is 5. The maximum absolute atomic E-state index is 11.9. The summed E-state index contributed by atoms with van der Waals surface area (Å²) in [5.74, 6) is -0.407. The minimum Gasteiger partial charge on any atom is -0.462 e. The number of benzene rings is 1. The molecule has 1 aromatic rings. The molecule has 1 rings (SSSR count). The number of sulfonamides is 1. The Morgan fingerprint density at radius 3 is 2.45 bits per heavy atom. The molecule has 0 aliphatic heterocycles. The number of carbonyl (C=O) groups is 1. The van der Waals surface area contributed by atoms with Gasteiger partial charge in [-0.25, -0.2) is 18.4 Å². The summed E-state index contributed by atoms with van der Waals surface area (Å²) in [5, 5.41) is 4.70. The first-order valence-corrected chi connectivity index (χ1v) is 8.12. The van der Waals surface area contributed by atoms with Crippen LogP contribution >= 0.6 is 23.2 Å². The summed E-state index contributed by atoms with van der Waals surface area (Å²) in [6, 6.07) is 2.39. The smallest absolute Gasteiger partial charge is 0.341 e. The van der Waals surface area contributed by atoms with Gasteiger partial charge >= 0.3 is 5.97 Å². The van der Waals surface area contributed by atoms with E-state index >= 15 is 0 Å². The van der Waals surface area contributed by atoms with Gasteiger partial charge in [0.25, 0.3) is 0 Å². The van der Waals surface area contributed by atoms with Gasteiger partial charge in [-0.1, -0.05) is 37.0 Å². The second-order valence-electron chi connectivity index (χ2n) is 4.60. The molecule has 1 aromatic carbocycles. The maximum Gasteiger partial charge on any atom is 0.341 e. The zero-order valence-corrected chi connectivity index (χ0v) is 13.3. The summed E-state index contributed by atoms with van der Waals surface area (Å²) in [5.41, 5.74) is -0.191. The van der Waals surface area contributed by atoms with Crippen LogP contribution in [0.4, 0.5) is 0 Å². The van der Waals surface area contributed by atoms with E-state index in [2.05, 4.69) is 0 Å². The van der Waals surface area contributed by atoms with E-state index in [1.165, 1.54) is 6.07 Å². The monoisotopic (exact) mass is 339 g/mol. The van der Waals surface area contributed by atoms with Gasteiger partial charge < -0.3 is 4.74 Å². The molecule has 2 N–H and O–H groups in total. The Bertz CT molecular complexity index is 614. The van der Waals surface area contributed by atoms with Crippen LogP contribution in [0.2, 0.25) is 10.0 Å². The zero-order chi connectivity index (χ0) is 15.5. The van der Waals surface area contributed by atoms with Crippen LogP contribution in [0.25, 0.3) is 0 Å². The van der Waals surface area contributed by atoms with Crippen molar-refractivity contribution in [3.05, 3.63) is 27.7 Å². The highest BCUT2D eigenvalue weighted by atomic mass is 35.5. The van der Waals surface area contributed by atoms with Crippen LogP contribution in [0.3, 0.4) is 0 Å². The number of halogens is 2. The van der Waals surface area contributed by atoms with Gasteiger partial charge in [-0.05, 0) is 24.5 Å². The summed E-state index contributed by atoms with van der Waals surface area (Å²) < 4.78 is 27.7. The molecule has 0 radical (unpaired) electrons. The van der Waals surface area contributed by atoms with Gasteiger partial charge in [0.1, 0.15) is 4.90 Å². The normalized spacial score (nSPS) is 11.7. The topological polar surface area (TPSA) is 86.5 Å². The van der Waals surface area contributed by atoms with Crippen molar-refractivity contribution in [3.63, 3.8) is 0 Å². The molecule has 8 heteroatoms. The summed E-state index contributed by atoms with van der Waals surface area (Å²) in [6.45, 7) is 4.16. The zero-order valence-electron chi connectivity index (χ0n) is 11.0. The Labute approximate surface area is 128 Å². The Balaban J connectivity index is 3.09. The third-order valence-electron chi connectivity index (χ3n) is 2.49. The molecule has 0 bridgehead atoms. The van der Waals surface area contributed by atoms with Gasteiger partial charge in [-0.3, -0.25) is 0 Å². The highest BCUT2D eigenvalue weighted by Crippen LogP contribution is 2.31. The molecule has 0 spiro atoms. The lowest BCUT2D eigenvalue weighted by Gasteiger charge is -2.11. The van der Waals surface area contributed by atoms with Gasteiger partial charge in [0, 0.05) is 0 Å². The van der Waals surface area contributed by atoms with E-state index in [9.17, 15) is 13.2 Å². The number of hydrogen-bond donors (Lipinski definition) is 1. The summed E-state index contributed by atoms with van der Waals surface area (Å²) >= 11 is 11.8. The largest absolute Gasteiger partial charge is 0.462 e. The predicted octanol–water partition coefficient (Wildman–Crippen LogP) is 2.84. The molecule has 0 aromatic heterocycles. The number of esters is 1. The third kappa shape index (κ3) is 4.34. The van der Waals surface area contributed by atoms with Gasteiger partial charge in [-0.15, -0.1) is 0 Å². The van der Waals surface area contributed by atoms with E-state index < -0.39 is 16.0 Å². The second-order valence-corrected chi connectivity index (χ2v) is 6.91. The molecule has 0 atom stereocenters. The fourth-order valence-electron chi connectivity index (χ4n) is 1.40. The fourth-order valence-corrected chi connectivity index (χ4v) is 2.86. The average molecular weight is 340 g/mol.